The van der Waals surface area contributed by atoms with Crippen LogP contribution in [0.2, 0.25) is 0 Å². The molecule has 1 amide bonds. The van der Waals surface area contributed by atoms with E-state index in [1.54, 1.807) is 0 Å². The zero-order valence-electron chi connectivity index (χ0n) is 12.3. The van der Waals surface area contributed by atoms with Crippen molar-refractivity contribution in [3.63, 3.8) is 0 Å². The lowest BCUT2D eigenvalue weighted by Crippen LogP contribution is -2.23. The number of nitrogens with one attached hydrogen (secondary N) is 1. The van der Waals surface area contributed by atoms with Gasteiger partial charge in [0.2, 0.25) is 0 Å². The Kier molecular flexibility index (Phi) is 3.91. The number of nitrogens with zero attached hydrogens (tertiary/aromatic N) is 1. The topological polar surface area (TPSA) is 32.3 Å². The summed E-state index contributed by atoms with van der Waals surface area (Å²) >= 11 is 0. The van der Waals surface area contributed by atoms with Gasteiger partial charge in [0, 0.05) is 30.9 Å². The van der Waals surface area contributed by atoms with Gasteiger partial charge in [-0.1, -0.05) is 30.3 Å². The van der Waals surface area contributed by atoms with E-state index in [1.807, 2.05) is 31.2 Å². The van der Waals surface area contributed by atoms with Gasteiger partial charge >= 0.3 is 0 Å². The lowest BCUT2D eigenvalue weighted by molar-refractivity contribution is 0.0956. The molecule has 0 saturated heterocycles. The molecule has 1 aliphatic rings. The molecule has 0 radical (unpaired) electrons. The average molecular weight is 280 g/mol. The molecule has 0 atom stereocenters. The molecular formula is C18H20N2O. The molecule has 108 valence electrons. The van der Waals surface area contributed by atoms with E-state index < -0.39 is 0 Å². The molecule has 1 heterocycles. The lowest BCUT2D eigenvalue weighted by Gasteiger charge is -2.19. The number of fused-ring (bicyclic) bond motifs is 1. The maximum atomic E-state index is 11.7. The van der Waals surface area contributed by atoms with Gasteiger partial charge in [0.1, 0.15) is 0 Å². The van der Waals surface area contributed by atoms with Crippen LogP contribution in [0, 0.1) is 0 Å². The fourth-order valence-electron chi connectivity index (χ4n) is 2.82. The summed E-state index contributed by atoms with van der Waals surface area (Å²) in [5, 5.41) is 2.82. The molecule has 0 bridgehead atoms. The Labute approximate surface area is 125 Å². The van der Waals surface area contributed by atoms with Crippen LogP contribution in [0.15, 0.2) is 48.5 Å². The van der Waals surface area contributed by atoms with Crippen molar-refractivity contribution in [2.75, 3.05) is 18.0 Å². The van der Waals surface area contributed by atoms with Crippen LogP contribution in [0.1, 0.15) is 28.4 Å². The fraction of sp³-hybridized carbons (Fsp3) is 0.278. The Morgan fingerprint density at radius 3 is 2.67 bits per heavy atom. The maximum absolute atomic E-state index is 11.7. The minimum absolute atomic E-state index is 0.00410. The highest BCUT2D eigenvalue weighted by Gasteiger charge is 2.18. The Bertz CT molecular complexity index is 634. The van der Waals surface area contributed by atoms with E-state index in [9.17, 15) is 4.79 Å². The Morgan fingerprint density at radius 2 is 1.90 bits per heavy atom. The van der Waals surface area contributed by atoms with Gasteiger partial charge in [-0.05, 0) is 42.7 Å². The Balaban J connectivity index is 1.71. The number of carbonyl (C=O) groups is 1. The van der Waals surface area contributed by atoms with Crippen LogP contribution in [0.4, 0.5) is 5.69 Å². The fourth-order valence-corrected chi connectivity index (χ4v) is 2.82. The molecule has 0 spiro atoms. The highest BCUT2D eigenvalue weighted by molar-refractivity contribution is 5.94. The van der Waals surface area contributed by atoms with Crippen LogP contribution < -0.4 is 10.2 Å². The number of carbonyl (C=O) groups excluding carboxylic acids is 1. The van der Waals surface area contributed by atoms with E-state index >= 15 is 0 Å². The second-order valence-electron chi connectivity index (χ2n) is 5.36. The molecule has 1 aliphatic heterocycles. The zero-order valence-corrected chi connectivity index (χ0v) is 12.3. The zero-order chi connectivity index (χ0) is 14.7. The van der Waals surface area contributed by atoms with Gasteiger partial charge in [0.05, 0.1) is 0 Å². The third-order valence-corrected chi connectivity index (χ3v) is 3.91. The summed E-state index contributed by atoms with van der Waals surface area (Å²) in [5.41, 5.74) is 4.73. The molecule has 0 unspecified atom stereocenters. The molecular weight excluding hydrogens is 260 g/mol. The number of hydrogen-bond donors (Lipinski definition) is 1. The summed E-state index contributed by atoms with van der Waals surface area (Å²) in [7, 11) is 0. The van der Waals surface area contributed by atoms with E-state index in [-0.39, 0.29) is 5.91 Å². The van der Waals surface area contributed by atoms with Crippen LogP contribution in [0.25, 0.3) is 0 Å². The van der Waals surface area contributed by atoms with Gasteiger partial charge in [-0.2, -0.15) is 0 Å². The van der Waals surface area contributed by atoms with Gasteiger partial charge in [-0.25, -0.2) is 0 Å². The van der Waals surface area contributed by atoms with Gasteiger partial charge < -0.3 is 10.2 Å². The molecule has 21 heavy (non-hydrogen) atoms. The van der Waals surface area contributed by atoms with Crippen molar-refractivity contribution in [3.05, 3.63) is 65.2 Å². The standard InChI is InChI=1S/C18H20N2O/c1-2-19-18(21)16-9-7-14(8-10-16)13-20-12-11-15-5-3-4-6-17(15)20/h3-10H,2,11-13H2,1H3,(H,19,21). The largest absolute Gasteiger partial charge is 0.367 e. The summed E-state index contributed by atoms with van der Waals surface area (Å²) < 4.78 is 0. The number of hydrogen-bond acceptors (Lipinski definition) is 2. The molecule has 3 nitrogen and oxygen atoms in total. The Hall–Kier alpha value is -2.29. The number of amides is 1. The van der Waals surface area contributed by atoms with Crippen LogP contribution in [-0.4, -0.2) is 19.0 Å². The van der Waals surface area contributed by atoms with Crippen LogP contribution >= 0.6 is 0 Å². The van der Waals surface area contributed by atoms with E-state index in [4.69, 9.17) is 0 Å². The van der Waals surface area contributed by atoms with Crippen molar-refractivity contribution in [2.45, 2.75) is 19.9 Å². The molecule has 0 aromatic heterocycles. The van der Waals surface area contributed by atoms with Crippen molar-refractivity contribution in [1.82, 2.24) is 5.32 Å². The van der Waals surface area contributed by atoms with Crippen molar-refractivity contribution in [1.29, 1.82) is 0 Å². The maximum Gasteiger partial charge on any atom is 0.251 e. The second-order valence-corrected chi connectivity index (χ2v) is 5.36. The summed E-state index contributed by atoms with van der Waals surface area (Å²) in [6.45, 7) is 4.55. The molecule has 3 heteroatoms. The van der Waals surface area contributed by atoms with E-state index in [2.05, 4.69) is 34.5 Å². The SMILES string of the molecule is CCNC(=O)c1ccc(CN2CCc3ccccc32)cc1. The van der Waals surface area contributed by atoms with E-state index in [0.717, 1.165) is 25.1 Å². The van der Waals surface area contributed by atoms with Crippen molar-refractivity contribution >= 4 is 11.6 Å². The van der Waals surface area contributed by atoms with Gasteiger partial charge in [-0.3, -0.25) is 4.79 Å². The first-order valence-electron chi connectivity index (χ1n) is 7.48. The van der Waals surface area contributed by atoms with Crippen molar-refractivity contribution in [3.8, 4) is 0 Å². The minimum Gasteiger partial charge on any atom is -0.367 e. The van der Waals surface area contributed by atoms with Crippen LogP contribution in [0.5, 0.6) is 0 Å². The molecule has 1 N–H and O–H groups in total. The summed E-state index contributed by atoms with van der Waals surface area (Å²) in [6.07, 6.45) is 1.12. The second kappa shape index (κ2) is 6.00. The normalized spacial score (nSPS) is 13.1. The quantitative estimate of drug-likeness (QED) is 0.933. The molecule has 0 aliphatic carbocycles. The average Bonchev–Trinajstić information content (AvgIpc) is 2.92. The number of anilines is 1. The Morgan fingerprint density at radius 1 is 1.14 bits per heavy atom. The summed E-state index contributed by atoms with van der Waals surface area (Å²) in [4.78, 5) is 14.1. The predicted octanol–water partition coefficient (Wildman–Crippen LogP) is 3.00. The summed E-state index contributed by atoms with van der Waals surface area (Å²) in [6, 6.07) is 16.5. The van der Waals surface area contributed by atoms with E-state index in [0.29, 0.717) is 6.54 Å². The highest BCUT2D eigenvalue weighted by Crippen LogP contribution is 2.28. The van der Waals surface area contributed by atoms with Gasteiger partial charge in [0.15, 0.2) is 0 Å². The number of para-hydroxylation sites is 1. The number of benzene rings is 2. The van der Waals surface area contributed by atoms with E-state index in [1.165, 1.54) is 16.8 Å². The van der Waals surface area contributed by atoms with Crippen LogP contribution in [-0.2, 0) is 13.0 Å². The first-order chi connectivity index (χ1) is 10.3. The van der Waals surface area contributed by atoms with Gasteiger partial charge in [-0.15, -0.1) is 0 Å². The highest BCUT2D eigenvalue weighted by atomic mass is 16.1. The molecule has 2 aromatic carbocycles. The summed E-state index contributed by atoms with van der Waals surface area (Å²) in [5.74, 6) is -0.00410. The lowest BCUT2D eigenvalue weighted by atomic mass is 10.1. The molecule has 0 saturated carbocycles. The first-order valence-corrected chi connectivity index (χ1v) is 7.48. The third-order valence-electron chi connectivity index (χ3n) is 3.91. The van der Waals surface area contributed by atoms with Crippen molar-refractivity contribution in [2.24, 2.45) is 0 Å². The van der Waals surface area contributed by atoms with Gasteiger partial charge in [0.25, 0.3) is 5.91 Å². The van der Waals surface area contributed by atoms with Crippen LogP contribution in [0.3, 0.4) is 0 Å². The first kappa shape index (κ1) is 13.7. The molecule has 3 rings (SSSR count). The molecule has 2 aromatic rings. The predicted molar refractivity (Wildman–Crippen MR) is 85.6 cm³/mol. The molecule has 0 fully saturated rings. The smallest absolute Gasteiger partial charge is 0.251 e. The minimum atomic E-state index is -0.00410. The number of rotatable bonds is 4. The van der Waals surface area contributed by atoms with Crippen molar-refractivity contribution < 1.29 is 4.79 Å². The monoisotopic (exact) mass is 280 g/mol. The third kappa shape index (κ3) is 2.92.